The summed E-state index contributed by atoms with van der Waals surface area (Å²) < 4.78 is 19.6. The highest BCUT2D eigenvalue weighted by molar-refractivity contribution is 7.09. The molecule has 0 spiro atoms. The summed E-state index contributed by atoms with van der Waals surface area (Å²) in [5.41, 5.74) is 0.352. The van der Waals surface area contributed by atoms with E-state index in [1.807, 2.05) is 19.0 Å². The second-order valence-corrected chi connectivity index (χ2v) is 5.26. The van der Waals surface area contributed by atoms with Gasteiger partial charge in [-0.2, -0.15) is 4.37 Å². The molecule has 3 aromatic rings. The van der Waals surface area contributed by atoms with Crippen molar-refractivity contribution < 1.29 is 4.39 Å². The average molecular weight is 305 g/mol. The Morgan fingerprint density at radius 3 is 2.81 bits per heavy atom. The molecule has 9 heteroatoms. The zero-order valence-electron chi connectivity index (χ0n) is 11.4. The van der Waals surface area contributed by atoms with E-state index >= 15 is 0 Å². The maximum Gasteiger partial charge on any atom is 0.204 e. The van der Waals surface area contributed by atoms with Crippen molar-refractivity contribution in [2.24, 2.45) is 0 Å². The molecule has 0 bridgehead atoms. The number of hydrogen-bond donors (Lipinski definition) is 0. The fraction of sp³-hybridized carbons (Fsp3) is 0.250. The number of anilines is 1. The molecule has 1 aromatic carbocycles. The molecule has 2 heterocycles. The minimum Gasteiger partial charge on any atom is -0.353 e. The molecule has 2 aromatic heterocycles. The topological polar surface area (TPSA) is 72.6 Å². The van der Waals surface area contributed by atoms with Gasteiger partial charge in [-0.15, -0.1) is 5.10 Å². The van der Waals surface area contributed by atoms with Crippen LogP contribution in [-0.4, -0.2) is 43.7 Å². The van der Waals surface area contributed by atoms with E-state index in [0.29, 0.717) is 23.8 Å². The molecule has 0 amide bonds. The molecule has 0 aliphatic carbocycles. The van der Waals surface area contributed by atoms with Gasteiger partial charge in [0, 0.05) is 25.6 Å². The summed E-state index contributed by atoms with van der Waals surface area (Å²) in [5, 5.41) is 12.2. The van der Waals surface area contributed by atoms with Crippen molar-refractivity contribution in [3.05, 3.63) is 35.9 Å². The Morgan fingerprint density at radius 2 is 2.10 bits per heavy atom. The first kappa shape index (κ1) is 13.6. The molecule has 0 radical (unpaired) electrons. The maximum atomic E-state index is 13.8. The molecule has 0 atom stereocenters. The minimum absolute atomic E-state index is 0.293. The van der Waals surface area contributed by atoms with E-state index in [9.17, 15) is 4.39 Å². The van der Waals surface area contributed by atoms with Crippen LogP contribution < -0.4 is 4.90 Å². The van der Waals surface area contributed by atoms with E-state index in [4.69, 9.17) is 0 Å². The van der Waals surface area contributed by atoms with Gasteiger partial charge in [-0.05, 0) is 22.6 Å². The van der Waals surface area contributed by atoms with Gasteiger partial charge < -0.3 is 4.90 Å². The summed E-state index contributed by atoms with van der Waals surface area (Å²) in [6.07, 6.45) is 0. The number of benzene rings is 1. The zero-order chi connectivity index (χ0) is 14.8. The zero-order valence-corrected chi connectivity index (χ0v) is 12.2. The van der Waals surface area contributed by atoms with Crippen LogP contribution in [0.3, 0.4) is 0 Å². The van der Waals surface area contributed by atoms with Crippen LogP contribution in [0.25, 0.3) is 11.4 Å². The van der Waals surface area contributed by atoms with E-state index in [-0.39, 0.29) is 5.82 Å². The van der Waals surface area contributed by atoms with Crippen LogP contribution in [0.1, 0.15) is 5.82 Å². The molecule has 0 saturated heterocycles. The molecule has 0 unspecified atom stereocenters. The molecule has 0 saturated carbocycles. The number of halogens is 1. The molecule has 0 fully saturated rings. The van der Waals surface area contributed by atoms with Gasteiger partial charge in [0.15, 0.2) is 11.6 Å². The van der Waals surface area contributed by atoms with Gasteiger partial charge >= 0.3 is 0 Å². The fourth-order valence-corrected chi connectivity index (χ4v) is 2.37. The highest BCUT2D eigenvalue weighted by Gasteiger charge is 2.15. The summed E-state index contributed by atoms with van der Waals surface area (Å²) in [4.78, 5) is 6.24. The Balaban J connectivity index is 1.91. The Morgan fingerprint density at radius 1 is 1.29 bits per heavy atom. The summed E-state index contributed by atoms with van der Waals surface area (Å²) >= 11 is 1.29. The van der Waals surface area contributed by atoms with Crippen LogP contribution in [0.5, 0.6) is 0 Å². The van der Waals surface area contributed by atoms with E-state index in [0.717, 1.165) is 5.13 Å². The Bertz CT molecular complexity index is 751. The van der Waals surface area contributed by atoms with E-state index in [2.05, 4.69) is 24.9 Å². The smallest absolute Gasteiger partial charge is 0.204 e. The SMILES string of the molecule is CN(C)c1nc(Cn2nnnc2-c2ccccc2F)ns1. The largest absolute Gasteiger partial charge is 0.353 e. The van der Waals surface area contributed by atoms with Crippen LogP contribution in [0.15, 0.2) is 24.3 Å². The molecular weight excluding hydrogens is 293 g/mol. The Kier molecular flexibility index (Phi) is 3.57. The van der Waals surface area contributed by atoms with Gasteiger partial charge in [0.1, 0.15) is 12.4 Å². The third-order valence-electron chi connectivity index (χ3n) is 2.78. The van der Waals surface area contributed by atoms with Gasteiger partial charge in [0.25, 0.3) is 0 Å². The molecule has 0 aliphatic heterocycles. The van der Waals surface area contributed by atoms with Crippen LogP contribution >= 0.6 is 11.5 Å². The summed E-state index contributed by atoms with van der Waals surface area (Å²) in [5.74, 6) is 0.580. The van der Waals surface area contributed by atoms with Crippen molar-refractivity contribution in [3.63, 3.8) is 0 Å². The summed E-state index contributed by atoms with van der Waals surface area (Å²) in [6.45, 7) is 0.293. The predicted molar refractivity (Wildman–Crippen MR) is 76.5 cm³/mol. The van der Waals surface area contributed by atoms with Crippen LogP contribution in [0.2, 0.25) is 0 Å². The summed E-state index contributed by atoms with van der Waals surface area (Å²) in [6, 6.07) is 6.37. The van der Waals surface area contributed by atoms with Crippen molar-refractivity contribution in [2.75, 3.05) is 19.0 Å². The minimum atomic E-state index is -0.367. The van der Waals surface area contributed by atoms with Gasteiger partial charge in [-0.3, -0.25) is 0 Å². The van der Waals surface area contributed by atoms with Gasteiger partial charge in [0.05, 0.1) is 5.56 Å². The first-order valence-electron chi connectivity index (χ1n) is 6.16. The Hall–Kier alpha value is -2.42. The molecular formula is C12H12FN7S. The molecule has 0 N–H and O–H groups in total. The first-order valence-corrected chi connectivity index (χ1v) is 6.93. The fourth-order valence-electron chi connectivity index (χ4n) is 1.77. The second-order valence-electron chi connectivity index (χ2n) is 4.53. The van der Waals surface area contributed by atoms with Crippen LogP contribution in [0, 0.1) is 5.82 Å². The first-order chi connectivity index (χ1) is 10.1. The number of nitrogens with zero attached hydrogens (tertiary/aromatic N) is 7. The molecule has 3 rings (SSSR count). The molecule has 108 valence electrons. The van der Waals surface area contributed by atoms with E-state index in [1.54, 1.807) is 18.2 Å². The van der Waals surface area contributed by atoms with Crippen molar-refractivity contribution in [1.82, 2.24) is 29.6 Å². The highest BCUT2D eigenvalue weighted by atomic mass is 32.1. The van der Waals surface area contributed by atoms with Gasteiger partial charge in [0.2, 0.25) is 5.13 Å². The van der Waals surface area contributed by atoms with Crippen LogP contribution in [-0.2, 0) is 6.54 Å². The summed E-state index contributed by atoms with van der Waals surface area (Å²) in [7, 11) is 3.79. The quantitative estimate of drug-likeness (QED) is 0.726. The Labute approximate surface area is 124 Å². The lowest BCUT2D eigenvalue weighted by Crippen LogP contribution is -2.09. The van der Waals surface area contributed by atoms with Crippen molar-refractivity contribution in [2.45, 2.75) is 6.54 Å². The number of aromatic nitrogens is 6. The molecule has 7 nitrogen and oxygen atoms in total. The average Bonchev–Trinajstić information content (AvgIpc) is 3.09. The third kappa shape index (κ3) is 2.72. The lowest BCUT2D eigenvalue weighted by molar-refractivity contribution is 0.615. The van der Waals surface area contributed by atoms with Crippen molar-refractivity contribution >= 4 is 16.7 Å². The second kappa shape index (κ2) is 5.52. The molecule has 21 heavy (non-hydrogen) atoms. The van der Waals surface area contributed by atoms with Crippen LogP contribution in [0.4, 0.5) is 9.52 Å². The monoisotopic (exact) mass is 305 g/mol. The highest BCUT2D eigenvalue weighted by Crippen LogP contribution is 2.20. The standard InChI is InChI=1S/C12H12FN7S/c1-19(2)12-14-10(16-21-12)7-20-11(15-17-18-20)8-5-3-4-6-9(8)13/h3-6H,7H2,1-2H3. The van der Waals surface area contributed by atoms with Crippen molar-refractivity contribution in [1.29, 1.82) is 0 Å². The number of hydrogen-bond acceptors (Lipinski definition) is 7. The van der Waals surface area contributed by atoms with E-state index < -0.39 is 0 Å². The number of tetrazole rings is 1. The normalized spacial score (nSPS) is 10.8. The predicted octanol–water partition coefficient (Wildman–Crippen LogP) is 1.44. The third-order valence-corrected chi connectivity index (χ3v) is 3.70. The maximum absolute atomic E-state index is 13.8. The molecule has 0 aliphatic rings. The van der Waals surface area contributed by atoms with E-state index in [1.165, 1.54) is 22.3 Å². The van der Waals surface area contributed by atoms with Gasteiger partial charge in [-0.1, -0.05) is 12.1 Å². The van der Waals surface area contributed by atoms with Gasteiger partial charge in [-0.25, -0.2) is 14.1 Å². The van der Waals surface area contributed by atoms with Crippen molar-refractivity contribution in [3.8, 4) is 11.4 Å². The lowest BCUT2D eigenvalue weighted by Gasteiger charge is -2.05. The number of rotatable bonds is 4. The lowest BCUT2D eigenvalue weighted by atomic mass is 10.2.